The standard InChI is InChI=1S/C23H19ClFN3O2S/c24-16-5-1-4-14(7-16)22(29)26-10-19-18-9-15(18)11-28(19)23(30)20-21(31-12-27-20)13-3-2-6-17(25)8-13/h1-8,12,15,18-19H,9-11H2,(H,26,29)/t15-,18?,19+/m0/s1. The molecule has 1 saturated heterocycles. The Morgan fingerprint density at radius 3 is 2.87 bits per heavy atom. The van der Waals surface area contributed by atoms with Crippen LogP contribution in [0.3, 0.4) is 0 Å². The first kappa shape index (κ1) is 20.2. The van der Waals surface area contributed by atoms with Gasteiger partial charge in [-0.3, -0.25) is 9.59 Å². The first-order valence-electron chi connectivity index (χ1n) is 10.1. The van der Waals surface area contributed by atoms with Crippen molar-refractivity contribution in [3.8, 4) is 10.4 Å². The number of carbonyl (C=O) groups is 2. The van der Waals surface area contributed by atoms with E-state index in [-0.39, 0.29) is 23.7 Å². The Hall–Kier alpha value is -2.77. The van der Waals surface area contributed by atoms with Crippen LogP contribution in [0.1, 0.15) is 27.3 Å². The summed E-state index contributed by atoms with van der Waals surface area (Å²) in [7, 11) is 0. The molecule has 8 heteroatoms. The Balaban J connectivity index is 1.33. The number of thiazole rings is 1. The molecule has 3 aromatic rings. The lowest BCUT2D eigenvalue weighted by atomic mass is 10.1. The summed E-state index contributed by atoms with van der Waals surface area (Å²) in [4.78, 5) is 32.7. The monoisotopic (exact) mass is 455 g/mol. The van der Waals surface area contributed by atoms with Gasteiger partial charge < -0.3 is 10.2 Å². The second kappa shape index (κ2) is 8.05. The molecule has 5 nitrogen and oxygen atoms in total. The van der Waals surface area contributed by atoms with Crippen LogP contribution in [0, 0.1) is 17.7 Å². The fraction of sp³-hybridized carbons (Fsp3) is 0.261. The summed E-state index contributed by atoms with van der Waals surface area (Å²) in [5.74, 6) is 0.115. The maximum absolute atomic E-state index is 13.7. The van der Waals surface area contributed by atoms with Gasteiger partial charge in [0, 0.05) is 23.7 Å². The third kappa shape index (κ3) is 3.95. The van der Waals surface area contributed by atoms with Gasteiger partial charge in [0.1, 0.15) is 11.5 Å². The van der Waals surface area contributed by atoms with Crippen LogP contribution in [0.15, 0.2) is 54.0 Å². The van der Waals surface area contributed by atoms with Gasteiger partial charge in [0.15, 0.2) is 0 Å². The Bertz CT molecular complexity index is 1170. The zero-order valence-corrected chi connectivity index (χ0v) is 18.0. The molecule has 2 aromatic carbocycles. The number of likely N-dealkylation sites (tertiary alicyclic amines) is 1. The molecule has 158 valence electrons. The molecule has 2 amide bonds. The molecular formula is C23H19ClFN3O2S. The van der Waals surface area contributed by atoms with E-state index in [0.717, 1.165) is 6.42 Å². The number of benzene rings is 2. The van der Waals surface area contributed by atoms with E-state index < -0.39 is 0 Å². The lowest BCUT2D eigenvalue weighted by molar-refractivity contribution is 0.0690. The highest BCUT2D eigenvalue weighted by Gasteiger charge is 2.54. The molecule has 1 saturated carbocycles. The summed E-state index contributed by atoms with van der Waals surface area (Å²) in [5, 5.41) is 3.45. The summed E-state index contributed by atoms with van der Waals surface area (Å²) in [6.45, 7) is 1.03. The predicted molar refractivity (Wildman–Crippen MR) is 118 cm³/mol. The van der Waals surface area contributed by atoms with Crippen LogP contribution >= 0.6 is 22.9 Å². The van der Waals surface area contributed by atoms with Crippen molar-refractivity contribution in [3.63, 3.8) is 0 Å². The Labute approximate surface area is 187 Å². The molecule has 2 aliphatic rings. The van der Waals surface area contributed by atoms with Crippen LogP contribution in [0.2, 0.25) is 5.02 Å². The zero-order valence-electron chi connectivity index (χ0n) is 16.4. The number of halogens is 2. The van der Waals surface area contributed by atoms with Crippen molar-refractivity contribution in [1.29, 1.82) is 0 Å². The van der Waals surface area contributed by atoms with Crippen LogP contribution < -0.4 is 5.32 Å². The molecule has 3 atom stereocenters. The summed E-state index contributed by atoms with van der Waals surface area (Å²) in [5.41, 5.74) is 3.08. The Morgan fingerprint density at radius 2 is 2.06 bits per heavy atom. The topological polar surface area (TPSA) is 62.3 Å². The van der Waals surface area contributed by atoms with Crippen LogP contribution in [0.25, 0.3) is 10.4 Å². The van der Waals surface area contributed by atoms with Crippen LogP contribution in [0.5, 0.6) is 0 Å². The molecule has 0 spiro atoms. The number of carbonyl (C=O) groups excluding carboxylic acids is 2. The largest absolute Gasteiger partial charge is 0.350 e. The first-order valence-corrected chi connectivity index (χ1v) is 11.3. The van der Waals surface area contributed by atoms with E-state index >= 15 is 0 Å². The number of aromatic nitrogens is 1. The van der Waals surface area contributed by atoms with Gasteiger partial charge in [-0.25, -0.2) is 9.37 Å². The maximum atomic E-state index is 13.7. The summed E-state index contributed by atoms with van der Waals surface area (Å²) >= 11 is 7.30. The minimum absolute atomic E-state index is 0.0808. The number of hydrogen-bond donors (Lipinski definition) is 1. The van der Waals surface area contributed by atoms with E-state index in [1.807, 2.05) is 4.90 Å². The van der Waals surface area contributed by atoms with Gasteiger partial charge >= 0.3 is 0 Å². The number of rotatable bonds is 5. The van der Waals surface area contributed by atoms with Crippen molar-refractivity contribution >= 4 is 34.8 Å². The molecule has 0 radical (unpaired) electrons. The van der Waals surface area contributed by atoms with Crippen molar-refractivity contribution in [1.82, 2.24) is 15.2 Å². The molecule has 2 fully saturated rings. The van der Waals surface area contributed by atoms with Crippen molar-refractivity contribution in [2.75, 3.05) is 13.1 Å². The minimum atomic E-state index is -0.353. The third-order valence-electron chi connectivity index (χ3n) is 5.98. The molecule has 1 aliphatic carbocycles. The number of fused-ring (bicyclic) bond motifs is 1. The molecule has 5 rings (SSSR count). The second-order valence-electron chi connectivity index (χ2n) is 7.95. The summed E-state index contributed by atoms with van der Waals surface area (Å²) < 4.78 is 13.7. The maximum Gasteiger partial charge on any atom is 0.274 e. The van der Waals surface area contributed by atoms with Crippen molar-refractivity contribution in [2.45, 2.75) is 12.5 Å². The average molecular weight is 456 g/mol. The van der Waals surface area contributed by atoms with E-state index in [9.17, 15) is 14.0 Å². The van der Waals surface area contributed by atoms with Gasteiger partial charge in [0.2, 0.25) is 0 Å². The van der Waals surface area contributed by atoms with E-state index in [1.54, 1.807) is 41.9 Å². The van der Waals surface area contributed by atoms with Gasteiger partial charge in [0.25, 0.3) is 11.8 Å². The van der Waals surface area contributed by atoms with Crippen molar-refractivity contribution in [2.24, 2.45) is 11.8 Å². The van der Waals surface area contributed by atoms with Gasteiger partial charge in [0.05, 0.1) is 16.4 Å². The SMILES string of the molecule is O=C(NC[C@@H]1C2C[C@H]2CN1C(=O)c1ncsc1-c1cccc(F)c1)c1cccc(Cl)c1. The molecule has 1 N–H and O–H groups in total. The summed E-state index contributed by atoms with van der Waals surface area (Å²) in [6, 6.07) is 12.9. The molecule has 1 unspecified atom stereocenters. The van der Waals surface area contributed by atoms with Crippen molar-refractivity contribution < 1.29 is 14.0 Å². The fourth-order valence-corrected chi connectivity index (χ4v) is 5.33. The molecular weight excluding hydrogens is 437 g/mol. The number of hydrogen-bond acceptors (Lipinski definition) is 4. The number of piperidine rings is 1. The summed E-state index contributed by atoms with van der Waals surface area (Å²) in [6.07, 6.45) is 1.06. The van der Waals surface area contributed by atoms with Crippen LogP contribution in [-0.2, 0) is 0 Å². The number of nitrogens with one attached hydrogen (secondary N) is 1. The van der Waals surface area contributed by atoms with Gasteiger partial charge in [-0.1, -0.05) is 29.8 Å². The highest BCUT2D eigenvalue weighted by molar-refractivity contribution is 7.13. The Morgan fingerprint density at radius 1 is 1.23 bits per heavy atom. The molecule has 31 heavy (non-hydrogen) atoms. The zero-order chi connectivity index (χ0) is 21.5. The van der Waals surface area contributed by atoms with E-state index in [4.69, 9.17) is 11.6 Å². The smallest absolute Gasteiger partial charge is 0.274 e. The fourth-order valence-electron chi connectivity index (χ4n) is 4.36. The molecule has 0 bridgehead atoms. The molecule has 1 aromatic heterocycles. The molecule has 1 aliphatic heterocycles. The third-order valence-corrected chi connectivity index (χ3v) is 7.09. The highest BCUT2D eigenvalue weighted by atomic mass is 35.5. The van der Waals surface area contributed by atoms with Gasteiger partial charge in [-0.2, -0.15) is 0 Å². The Kier molecular flexibility index (Phi) is 5.24. The van der Waals surface area contributed by atoms with E-state index in [1.165, 1.54) is 23.5 Å². The van der Waals surface area contributed by atoms with Crippen LogP contribution in [-0.4, -0.2) is 40.8 Å². The lowest BCUT2D eigenvalue weighted by Crippen LogP contribution is -2.45. The van der Waals surface area contributed by atoms with Gasteiger partial charge in [-0.05, 0) is 54.2 Å². The van der Waals surface area contributed by atoms with Gasteiger partial charge in [-0.15, -0.1) is 11.3 Å². The molecule has 2 heterocycles. The predicted octanol–water partition coefficient (Wildman–Crippen LogP) is 4.49. The minimum Gasteiger partial charge on any atom is -0.350 e. The normalized spacial score (nSPS) is 21.6. The lowest BCUT2D eigenvalue weighted by Gasteiger charge is -2.27. The number of nitrogens with zero attached hydrogens (tertiary/aromatic N) is 2. The van der Waals surface area contributed by atoms with Crippen LogP contribution in [0.4, 0.5) is 4.39 Å². The van der Waals surface area contributed by atoms with E-state index in [2.05, 4.69) is 10.3 Å². The quantitative estimate of drug-likeness (QED) is 0.616. The van der Waals surface area contributed by atoms with Crippen molar-refractivity contribution in [3.05, 3.63) is 76.1 Å². The highest BCUT2D eigenvalue weighted by Crippen LogP contribution is 2.50. The van der Waals surface area contributed by atoms with E-state index in [0.29, 0.717) is 51.6 Å². The first-order chi connectivity index (χ1) is 15.0. The number of amides is 2. The average Bonchev–Trinajstić information content (AvgIpc) is 3.20. The second-order valence-corrected chi connectivity index (χ2v) is 9.24.